The smallest absolute Gasteiger partial charge is 0.355 e. The molecule has 0 fully saturated rings. The summed E-state index contributed by atoms with van der Waals surface area (Å²) in [4.78, 5) is 27.4. The maximum atomic E-state index is 13.1. The van der Waals surface area contributed by atoms with Gasteiger partial charge in [0.2, 0.25) is 6.79 Å². The summed E-state index contributed by atoms with van der Waals surface area (Å²) in [5.41, 5.74) is 6.80. The Hall–Kier alpha value is -4.16. The molecule has 0 saturated heterocycles. The molecule has 1 atom stereocenters. The molecule has 1 unspecified atom stereocenters. The van der Waals surface area contributed by atoms with Crippen molar-refractivity contribution in [2.24, 2.45) is 5.73 Å². The molecule has 0 aliphatic carbocycles. The number of benzene rings is 2. The van der Waals surface area contributed by atoms with Crippen LogP contribution in [0.5, 0.6) is 11.5 Å². The second kappa shape index (κ2) is 8.76. The van der Waals surface area contributed by atoms with E-state index in [2.05, 4.69) is 6.07 Å². The highest BCUT2D eigenvalue weighted by Gasteiger charge is 2.44. The van der Waals surface area contributed by atoms with Gasteiger partial charge in [-0.2, -0.15) is 5.26 Å². The third-order valence-electron chi connectivity index (χ3n) is 5.30. The van der Waals surface area contributed by atoms with Gasteiger partial charge in [-0.1, -0.05) is 41.9 Å². The molecular formula is C23H18ClN3O6. The first-order chi connectivity index (χ1) is 15.9. The average molecular weight is 468 g/mol. The molecule has 33 heavy (non-hydrogen) atoms. The Balaban J connectivity index is 2.11. The summed E-state index contributed by atoms with van der Waals surface area (Å²) < 4.78 is 21.0. The van der Waals surface area contributed by atoms with Gasteiger partial charge in [-0.3, -0.25) is 4.90 Å². The molecule has 168 valence electrons. The van der Waals surface area contributed by atoms with Crippen LogP contribution in [0.25, 0.3) is 0 Å². The molecule has 0 bridgehead atoms. The quantitative estimate of drug-likeness (QED) is 0.675. The molecule has 2 aliphatic rings. The number of halogens is 1. The summed E-state index contributed by atoms with van der Waals surface area (Å²) in [5.74, 6) is -2.27. The van der Waals surface area contributed by atoms with Crippen molar-refractivity contribution < 1.29 is 28.5 Å². The highest BCUT2D eigenvalue weighted by Crippen LogP contribution is 2.51. The van der Waals surface area contributed by atoms with E-state index in [4.69, 9.17) is 36.3 Å². The fraction of sp³-hybridized carbons (Fsp3) is 0.174. The minimum absolute atomic E-state index is 0.0156. The van der Waals surface area contributed by atoms with Crippen LogP contribution in [0.4, 0.5) is 5.69 Å². The monoisotopic (exact) mass is 467 g/mol. The van der Waals surface area contributed by atoms with E-state index < -0.39 is 17.9 Å². The highest BCUT2D eigenvalue weighted by molar-refractivity contribution is 6.34. The lowest BCUT2D eigenvalue weighted by atomic mass is 9.81. The third-order valence-corrected chi connectivity index (χ3v) is 5.60. The van der Waals surface area contributed by atoms with E-state index in [1.54, 1.807) is 36.4 Å². The first-order valence-corrected chi connectivity index (χ1v) is 10.1. The summed E-state index contributed by atoms with van der Waals surface area (Å²) in [7, 11) is 2.34. The third kappa shape index (κ3) is 3.50. The zero-order chi connectivity index (χ0) is 23.7. The second-order valence-corrected chi connectivity index (χ2v) is 7.37. The van der Waals surface area contributed by atoms with Gasteiger partial charge in [-0.25, -0.2) is 9.59 Å². The Bertz CT molecular complexity index is 1250. The van der Waals surface area contributed by atoms with E-state index in [0.717, 1.165) is 7.11 Å². The van der Waals surface area contributed by atoms with E-state index >= 15 is 0 Å². The topological polar surface area (TPSA) is 124 Å². The largest absolute Gasteiger partial charge is 0.466 e. The Kier molecular flexibility index (Phi) is 5.85. The number of ether oxygens (including phenoxy) is 4. The number of allylic oxidation sites excluding steroid dienone is 1. The van der Waals surface area contributed by atoms with Crippen molar-refractivity contribution in [1.29, 1.82) is 5.26 Å². The van der Waals surface area contributed by atoms with Crippen molar-refractivity contribution in [2.75, 3.05) is 25.9 Å². The number of methoxy groups -OCH3 is 2. The Morgan fingerprint density at radius 1 is 1.12 bits per heavy atom. The van der Waals surface area contributed by atoms with Crippen molar-refractivity contribution in [2.45, 2.75) is 5.92 Å². The summed E-state index contributed by atoms with van der Waals surface area (Å²) in [6.45, 7) is -0.0843. The minimum atomic E-state index is -0.985. The fourth-order valence-corrected chi connectivity index (χ4v) is 4.12. The van der Waals surface area contributed by atoms with Crippen molar-refractivity contribution in [3.63, 3.8) is 0 Å². The van der Waals surface area contributed by atoms with Crippen LogP contribution in [-0.4, -0.2) is 33.0 Å². The number of rotatable bonds is 4. The Morgan fingerprint density at radius 3 is 2.45 bits per heavy atom. The maximum absolute atomic E-state index is 13.1. The van der Waals surface area contributed by atoms with E-state index in [9.17, 15) is 14.9 Å². The Labute approximate surface area is 194 Å². The van der Waals surface area contributed by atoms with Gasteiger partial charge in [0.1, 0.15) is 17.2 Å². The first-order valence-electron chi connectivity index (χ1n) is 9.68. The normalized spacial score (nSPS) is 17.0. The molecule has 2 heterocycles. The lowest BCUT2D eigenvalue weighted by molar-refractivity contribution is -0.139. The molecule has 0 amide bonds. The van der Waals surface area contributed by atoms with Crippen LogP contribution in [0.3, 0.4) is 0 Å². The molecule has 0 saturated carbocycles. The molecule has 4 rings (SSSR count). The number of nitrogens with zero attached hydrogens (tertiary/aromatic N) is 2. The van der Waals surface area contributed by atoms with Crippen LogP contribution >= 0.6 is 11.6 Å². The number of carbonyl (C=O) groups excluding carboxylic acids is 2. The van der Waals surface area contributed by atoms with E-state index in [0.29, 0.717) is 11.3 Å². The van der Waals surface area contributed by atoms with Crippen molar-refractivity contribution in [3.8, 4) is 17.6 Å². The van der Waals surface area contributed by atoms with Gasteiger partial charge in [-0.15, -0.1) is 0 Å². The number of esters is 2. The predicted molar refractivity (Wildman–Crippen MR) is 117 cm³/mol. The van der Waals surface area contributed by atoms with Crippen LogP contribution < -0.4 is 20.1 Å². The first kappa shape index (κ1) is 22.0. The van der Waals surface area contributed by atoms with E-state index in [-0.39, 0.29) is 45.9 Å². The molecule has 2 N–H and O–H groups in total. The van der Waals surface area contributed by atoms with Crippen molar-refractivity contribution in [1.82, 2.24) is 0 Å². The SMILES string of the molecule is COC(=O)C1=C(C(=O)OC)N(c2c(Cl)ccc3c2OCO3)C(N)=C(C#N)C1c1ccccc1. The summed E-state index contributed by atoms with van der Waals surface area (Å²) in [5, 5.41) is 10.2. The highest BCUT2D eigenvalue weighted by atomic mass is 35.5. The lowest BCUT2D eigenvalue weighted by Crippen LogP contribution is -2.41. The predicted octanol–water partition coefficient (Wildman–Crippen LogP) is 2.97. The van der Waals surface area contributed by atoms with Crippen molar-refractivity contribution >= 4 is 29.2 Å². The number of carbonyl (C=O) groups is 2. The van der Waals surface area contributed by atoms with Gasteiger partial charge < -0.3 is 24.7 Å². The number of nitriles is 1. The van der Waals surface area contributed by atoms with Gasteiger partial charge in [0.25, 0.3) is 0 Å². The summed E-state index contributed by atoms with van der Waals surface area (Å²) in [6.07, 6.45) is 0. The molecule has 0 aromatic heterocycles. The lowest BCUT2D eigenvalue weighted by Gasteiger charge is -2.36. The van der Waals surface area contributed by atoms with Gasteiger partial charge in [0.15, 0.2) is 11.5 Å². The molecule has 10 heteroatoms. The number of anilines is 1. The number of hydrogen-bond donors (Lipinski definition) is 1. The van der Waals surface area contributed by atoms with Crippen LogP contribution in [0.1, 0.15) is 11.5 Å². The van der Waals surface area contributed by atoms with Gasteiger partial charge in [0, 0.05) is 0 Å². The molecule has 2 aromatic rings. The average Bonchev–Trinajstić information content (AvgIpc) is 3.32. The number of nitrogens with two attached hydrogens (primary N) is 1. The molecule has 2 aliphatic heterocycles. The van der Waals surface area contributed by atoms with Gasteiger partial charge in [0.05, 0.1) is 42.4 Å². The zero-order valence-electron chi connectivity index (χ0n) is 17.6. The van der Waals surface area contributed by atoms with Crippen LogP contribution in [0.2, 0.25) is 5.02 Å². The second-order valence-electron chi connectivity index (χ2n) is 6.97. The molecule has 2 aromatic carbocycles. The molecule has 0 radical (unpaired) electrons. The maximum Gasteiger partial charge on any atom is 0.355 e. The van der Waals surface area contributed by atoms with Crippen molar-refractivity contribution in [3.05, 3.63) is 75.7 Å². The zero-order valence-corrected chi connectivity index (χ0v) is 18.4. The molecule has 0 spiro atoms. The van der Waals surface area contributed by atoms with Gasteiger partial charge in [-0.05, 0) is 17.7 Å². The summed E-state index contributed by atoms with van der Waals surface area (Å²) in [6, 6.07) is 13.9. The van der Waals surface area contributed by atoms with Crippen LogP contribution in [-0.2, 0) is 19.1 Å². The fourth-order valence-electron chi connectivity index (χ4n) is 3.89. The van der Waals surface area contributed by atoms with E-state index in [1.807, 2.05) is 0 Å². The number of fused-ring (bicyclic) bond motifs is 1. The van der Waals surface area contributed by atoms with Crippen LogP contribution in [0, 0.1) is 11.3 Å². The number of hydrogen-bond acceptors (Lipinski definition) is 9. The summed E-state index contributed by atoms with van der Waals surface area (Å²) >= 11 is 6.50. The minimum Gasteiger partial charge on any atom is -0.466 e. The molecular weight excluding hydrogens is 450 g/mol. The van der Waals surface area contributed by atoms with E-state index in [1.165, 1.54) is 18.1 Å². The Morgan fingerprint density at radius 2 is 1.82 bits per heavy atom. The molecule has 9 nitrogen and oxygen atoms in total. The van der Waals surface area contributed by atoms with Crippen LogP contribution in [0.15, 0.2) is 65.1 Å². The van der Waals surface area contributed by atoms with Gasteiger partial charge >= 0.3 is 11.9 Å². The standard InChI is InChI=1S/C23H18ClN3O6/c1-30-22(28)17-16(12-6-4-3-5-7-12)13(10-25)21(26)27(19(17)23(29)31-2)18-14(24)8-9-15-20(18)33-11-32-15/h3-9,16H,11,26H2,1-2H3.